The Balaban J connectivity index is 1.53. The van der Waals surface area contributed by atoms with Crippen LogP contribution in [-0.2, 0) is 30.6 Å². The molecule has 53 heavy (non-hydrogen) atoms. The second-order valence-corrected chi connectivity index (χ2v) is 15.1. The minimum Gasteiger partial charge on any atom is -0.497 e. The van der Waals surface area contributed by atoms with Crippen LogP contribution in [0.3, 0.4) is 0 Å². The third kappa shape index (κ3) is 9.83. The molecule has 0 aromatic heterocycles. The van der Waals surface area contributed by atoms with Crippen LogP contribution >= 0.6 is 8.53 Å². The SMILES string of the molecule is COc1ccc(C(OC[C@@H]2C[C@@H](OP(OCCC#N)N(C(C)C)C(C)C)CN2C(=O)Cc2ccccc2)(c2ccccc2)c2ccc(OC)cc2)cc1. The van der Waals surface area contributed by atoms with E-state index < -0.39 is 14.1 Å². The monoisotopic (exact) mass is 737 g/mol. The number of rotatable bonds is 18. The average Bonchev–Trinajstić information content (AvgIpc) is 3.58. The second kappa shape index (κ2) is 19.2. The van der Waals surface area contributed by atoms with Crippen molar-refractivity contribution in [3.05, 3.63) is 131 Å². The molecular formula is C43H52N3O6P. The van der Waals surface area contributed by atoms with Crippen LogP contribution in [0.4, 0.5) is 0 Å². The molecule has 5 rings (SSSR count). The van der Waals surface area contributed by atoms with E-state index in [1.807, 2.05) is 102 Å². The maximum absolute atomic E-state index is 14.2. The zero-order valence-electron chi connectivity index (χ0n) is 31.7. The van der Waals surface area contributed by atoms with E-state index in [0.717, 1.165) is 33.8 Å². The molecule has 9 nitrogen and oxygen atoms in total. The number of nitriles is 1. The highest BCUT2D eigenvalue weighted by atomic mass is 31.2. The van der Waals surface area contributed by atoms with Gasteiger partial charge in [-0.3, -0.25) is 4.79 Å². The quantitative estimate of drug-likeness (QED) is 0.0570. The summed E-state index contributed by atoms with van der Waals surface area (Å²) >= 11 is 0. The van der Waals surface area contributed by atoms with Gasteiger partial charge in [0.1, 0.15) is 17.1 Å². The summed E-state index contributed by atoms with van der Waals surface area (Å²) < 4.78 is 33.7. The van der Waals surface area contributed by atoms with Gasteiger partial charge in [-0.25, -0.2) is 4.67 Å². The average molecular weight is 738 g/mol. The first kappa shape index (κ1) is 39.9. The van der Waals surface area contributed by atoms with Gasteiger partial charge in [-0.1, -0.05) is 84.9 Å². The first-order chi connectivity index (χ1) is 25.7. The van der Waals surface area contributed by atoms with Crippen LogP contribution in [0.1, 0.15) is 62.8 Å². The first-order valence-electron chi connectivity index (χ1n) is 18.3. The number of likely N-dealkylation sites (tertiary alicyclic amines) is 1. The third-order valence-corrected chi connectivity index (χ3v) is 11.6. The number of hydrogen-bond donors (Lipinski definition) is 0. The Kier molecular flexibility index (Phi) is 14.4. The molecule has 10 heteroatoms. The van der Waals surface area contributed by atoms with E-state index in [0.29, 0.717) is 13.0 Å². The molecular weight excluding hydrogens is 685 g/mol. The summed E-state index contributed by atoms with van der Waals surface area (Å²) in [5.74, 6) is 1.49. The van der Waals surface area contributed by atoms with Gasteiger partial charge >= 0.3 is 0 Å². The normalized spacial score (nSPS) is 16.6. The van der Waals surface area contributed by atoms with Crippen LogP contribution in [0.15, 0.2) is 109 Å². The molecule has 0 spiro atoms. The Labute approximate surface area is 316 Å². The zero-order valence-corrected chi connectivity index (χ0v) is 32.6. The van der Waals surface area contributed by atoms with Crippen molar-refractivity contribution in [1.29, 1.82) is 5.26 Å². The van der Waals surface area contributed by atoms with Gasteiger partial charge in [0.25, 0.3) is 8.53 Å². The number of benzene rings is 4. The summed E-state index contributed by atoms with van der Waals surface area (Å²) in [7, 11) is 1.81. The lowest BCUT2D eigenvalue weighted by Crippen LogP contribution is -2.42. The predicted molar refractivity (Wildman–Crippen MR) is 209 cm³/mol. The van der Waals surface area contributed by atoms with Gasteiger partial charge in [-0.2, -0.15) is 5.26 Å². The maximum Gasteiger partial charge on any atom is 0.259 e. The van der Waals surface area contributed by atoms with E-state index >= 15 is 0 Å². The number of hydrogen-bond acceptors (Lipinski definition) is 8. The van der Waals surface area contributed by atoms with Crippen molar-refractivity contribution in [1.82, 2.24) is 9.57 Å². The Morgan fingerprint density at radius 1 is 0.830 bits per heavy atom. The fourth-order valence-electron chi connectivity index (χ4n) is 7.00. The van der Waals surface area contributed by atoms with Gasteiger partial charge in [0.15, 0.2) is 0 Å². The van der Waals surface area contributed by atoms with E-state index in [4.69, 9.17) is 23.3 Å². The number of ether oxygens (including phenoxy) is 3. The summed E-state index contributed by atoms with van der Waals surface area (Å²) in [5.41, 5.74) is 2.70. The molecule has 1 aliphatic heterocycles. The molecule has 3 atom stereocenters. The summed E-state index contributed by atoms with van der Waals surface area (Å²) in [6, 6.07) is 38.1. The number of carbonyl (C=O) groups excluding carboxylic acids is 1. The minimum atomic E-state index is -1.50. The van der Waals surface area contributed by atoms with Crippen LogP contribution in [0.5, 0.6) is 11.5 Å². The molecule has 280 valence electrons. The summed E-state index contributed by atoms with van der Waals surface area (Å²) in [5, 5.41) is 9.25. The van der Waals surface area contributed by atoms with Crippen LogP contribution in [0.25, 0.3) is 0 Å². The smallest absolute Gasteiger partial charge is 0.259 e. The van der Waals surface area contributed by atoms with E-state index in [1.54, 1.807) is 14.2 Å². The maximum atomic E-state index is 14.2. The summed E-state index contributed by atoms with van der Waals surface area (Å²) in [6.45, 7) is 9.39. The molecule has 1 aliphatic rings. The van der Waals surface area contributed by atoms with Crippen LogP contribution in [-0.4, -0.2) is 73.7 Å². The molecule has 0 radical (unpaired) electrons. The fourth-order valence-corrected chi connectivity index (χ4v) is 8.72. The zero-order chi connectivity index (χ0) is 37.8. The van der Waals surface area contributed by atoms with Gasteiger partial charge in [-0.05, 0) is 80.6 Å². The highest BCUT2D eigenvalue weighted by Gasteiger charge is 2.43. The van der Waals surface area contributed by atoms with Gasteiger partial charge in [0, 0.05) is 18.6 Å². The molecule has 0 aliphatic carbocycles. The highest BCUT2D eigenvalue weighted by molar-refractivity contribution is 7.44. The standard InChI is InChI=1S/C43H52N3O6P/c1-32(2)46(33(3)4)53(51-27-13-26-44)52-41-29-38(45(30-41)42(47)28-34-14-9-7-10-15-34)31-50-43(35-16-11-8-12-17-35,36-18-22-39(48-5)23-19-36)37-20-24-40(49-6)25-21-37/h7-12,14-25,32-33,38,41H,13,27-31H2,1-6H3/t38-,41+,53?/m0/s1. The second-order valence-electron chi connectivity index (χ2n) is 13.7. The third-order valence-electron chi connectivity index (χ3n) is 9.46. The molecule has 1 fully saturated rings. The van der Waals surface area contributed by atoms with Crippen molar-refractivity contribution in [2.45, 2.75) is 76.8 Å². The Morgan fingerprint density at radius 2 is 1.36 bits per heavy atom. The molecule has 1 saturated heterocycles. The first-order valence-corrected chi connectivity index (χ1v) is 19.4. The van der Waals surface area contributed by atoms with Crippen molar-refractivity contribution < 1.29 is 28.1 Å². The molecule has 1 heterocycles. The Morgan fingerprint density at radius 3 is 1.87 bits per heavy atom. The van der Waals surface area contributed by atoms with Crippen molar-refractivity contribution in [2.24, 2.45) is 0 Å². The van der Waals surface area contributed by atoms with E-state index in [-0.39, 0.29) is 56.2 Å². The van der Waals surface area contributed by atoms with Crippen molar-refractivity contribution in [3.63, 3.8) is 0 Å². The van der Waals surface area contributed by atoms with Crippen molar-refractivity contribution in [3.8, 4) is 17.6 Å². The summed E-state index contributed by atoms with van der Waals surface area (Å²) in [6.07, 6.45) is 0.793. The van der Waals surface area contributed by atoms with Crippen molar-refractivity contribution >= 4 is 14.4 Å². The van der Waals surface area contributed by atoms with E-state index in [1.165, 1.54) is 0 Å². The van der Waals surface area contributed by atoms with E-state index in [2.05, 4.69) is 50.6 Å². The Bertz CT molecular complexity index is 1690. The number of nitrogens with zero attached hydrogens (tertiary/aromatic N) is 3. The van der Waals surface area contributed by atoms with Crippen molar-refractivity contribution in [2.75, 3.05) is 34.0 Å². The molecule has 1 amide bonds. The molecule has 0 saturated carbocycles. The molecule has 4 aromatic rings. The lowest BCUT2D eigenvalue weighted by molar-refractivity contribution is -0.133. The van der Waals surface area contributed by atoms with E-state index in [9.17, 15) is 10.1 Å². The lowest BCUT2D eigenvalue weighted by Gasteiger charge is -2.38. The largest absolute Gasteiger partial charge is 0.497 e. The van der Waals surface area contributed by atoms with Gasteiger partial charge in [0.2, 0.25) is 5.91 Å². The van der Waals surface area contributed by atoms with Gasteiger partial charge < -0.3 is 28.2 Å². The highest BCUT2D eigenvalue weighted by Crippen LogP contribution is 2.49. The predicted octanol–water partition coefficient (Wildman–Crippen LogP) is 8.52. The minimum absolute atomic E-state index is 0.00871. The van der Waals surface area contributed by atoms with Crippen LogP contribution in [0.2, 0.25) is 0 Å². The number of amides is 1. The van der Waals surface area contributed by atoms with Gasteiger partial charge in [-0.15, -0.1) is 0 Å². The fraction of sp³-hybridized carbons (Fsp3) is 0.395. The number of carbonyl (C=O) groups is 1. The molecule has 4 aromatic carbocycles. The topological polar surface area (TPSA) is 93.5 Å². The lowest BCUT2D eigenvalue weighted by atomic mass is 9.80. The molecule has 1 unspecified atom stereocenters. The Hall–Kier alpha value is -4.29. The number of methoxy groups -OCH3 is 2. The van der Waals surface area contributed by atoms with Gasteiger partial charge in [0.05, 0.1) is 58.5 Å². The molecule has 0 N–H and O–H groups in total. The van der Waals surface area contributed by atoms with Crippen LogP contribution < -0.4 is 9.47 Å². The van der Waals surface area contributed by atoms with Crippen LogP contribution in [0, 0.1) is 11.3 Å². The molecule has 0 bridgehead atoms. The summed E-state index contributed by atoms with van der Waals surface area (Å²) in [4.78, 5) is 16.1.